The lowest BCUT2D eigenvalue weighted by Crippen LogP contribution is -2.32. The number of hydrogen-bond donors (Lipinski definition) is 1. The fourth-order valence-corrected chi connectivity index (χ4v) is 0.871. The highest BCUT2D eigenvalue weighted by molar-refractivity contribution is 5.81. The summed E-state index contributed by atoms with van der Waals surface area (Å²) >= 11 is 0. The molecule has 0 aromatic heterocycles. The van der Waals surface area contributed by atoms with Crippen LogP contribution in [0.5, 0.6) is 0 Å². The first-order valence-electron chi connectivity index (χ1n) is 4.22. The number of esters is 1. The van der Waals surface area contributed by atoms with E-state index in [2.05, 4.69) is 6.58 Å². The lowest BCUT2D eigenvalue weighted by molar-refractivity contribution is -0.151. The highest BCUT2D eigenvalue weighted by Crippen LogP contribution is 2.05. The van der Waals surface area contributed by atoms with Crippen molar-refractivity contribution in [3.8, 4) is 0 Å². The zero-order chi connectivity index (χ0) is 10.3. The largest absolute Gasteiger partial charge is 0.443 e. The average Bonchev–Trinajstić information content (AvgIpc) is 2.11. The Labute approximate surface area is 78.8 Å². The minimum atomic E-state index is -0.434. The zero-order valence-electron chi connectivity index (χ0n) is 8.19. The van der Waals surface area contributed by atoms with E-state index in [1.807, 2.05) is 14.1 Å². The molecule has 1 unspecified atom stereocenters. The van der Waals surface area contributed by atoms with Gasteiger partial charge in [-0.05, 0) is 20.5 Å². The third kappa shape index (κ3) is 5.38. The van der Waals surface area contributed by atoms with Crippen LogP contribution in [0.2, 0.25) is 0 Å². The Morgan fingerprint density at radius 3 is 2.69 bits per heavy atom. The van der Waals surface area contributed by atoms with Crippen molar-refractivity contribution in [2.75, 3.05) is 20.7 Å². The zero-order valence-corrected chi connectivity index (χ0v) is 8.19. The molecular weight excluding hydrogens is 170 g/mol. The van der Waals surface area contributed by atoms with Gasteiger partial charge in [-0.1, -0.05) is 6.58 Å². The molecule has 1 N–H and O–H groups in total. The van der Waals surface area contributed by atoms with Gasteiger partial charge in [0.25, 0.3) is 0 Å². The maximum Gasteiger partial charge on any atom is 0.331 e. The van der Waals surface area contributed by atoms with E-state index >= 15 is 0 Å². The molecular formula is C9H17NO3. The van der Waals surface area contributed by atoms with Gasteiger partial charge >= 0.3 is 5.97 Å². The van der Waals surface area contributed by atoms with E-state index in [4.69, 9.17) is 9.84 Å². The van der Waals surface area contributed by atoms with Gasteiger partial charge in [0.2, 0.25) is 0 Å². The number of hydrogen-bond acceptors (Lipinski definition) is 4. The summed E-state index contributed by atoms with van der Waals surface area (Å²) in [7, 11) is 3.64. The second kappa shape index (κ2) is 6.62. The van der Waals surface area contributed by atoms with Crippen LogP contribution in [0.1, 0.15) is 12.8 Å². The predicted molar refractivity (Wildman–Crippen MR) is 50.1 cm³/mol. The van der Waals surface area contributed by atoms with Gasteiger partial charge in [-0.3, -0.25) is 4.90 Å². The van der Waals surface area contributed by atoms with Crippen LogP contribution < -0.4 is 0 Å². The molecule has 0 aliphatic carbocycles. The van der Waals surface area contributed by atoms with E-state index in [0.717, 1.165) is 6.08 Å². The third-order valence-corrected chi connectivity index (χ3v) is 1.60. The Kier molecular flexibility index (Phi) is 6.18. The number of aliphatic hydroxyl groups excluding tert-OH is 1. The van der Waals surface area contributed by atoms with Crippen molar-refractivity contribution in [3.63, 3.8) is 0 Å². The molecule has 0 aliphatic heterocycles. The second-order valence-electron chi connectivity index (χ2n) is 2.93. The van der Waals surface area contributed by atoms with Gasteiger partial charge in [-0.2, -0.15) is 0 Å². The van der Waals surface area contributed by atoms with E-state index in [9.17, 15) is 4.79 Å². The van der Waals surface area contributed by atoms with E-state index in [1.54, 1.807) is 4.90 Å². The molecule has 76 valence electrons. The first-order chi connectivity index (χ1) is 6.11. The SMILES string of the molecule is C=CC(=O)OC(CCCO)N(C)C. The third-order valence-electron chi connectivity index (χ3n) is 1.60. The van der Waals surface area contributed by atoms with Gasteiger partial charge in [0.05, 0.1) is 0 Å². The van der Waals surface area contributed by atoms with Gasteiger partial charge in [-0.15, -0.1) is 0 Å². The predicted octanol–water partition coefficient (Wildman–Crippen LogP) is 0.376. The van der Waals surface area contributed by atoms with Gasteiger partial charge < -0.3 is 9.84 Å². The minimum absolute atomic E-state index is 0.107. The molecule has 4 heteroatoms. The molecule has 0 aromatic rings. The van der Waals surface area contributed by atoms with Crippen molar-refractivity contribution in [3.05, 3.63) is 12.7 Å². The molecule has 0 amide bonds. The Hall–Kier alpha value is -0.870. The van der Waals surface area contributed by atoms with Gasteiger partial charge in [0.15, 0.2) is 6.23 Å². The summed E-state index contributed by atoms with van der Waals surface area (Å²) < 4.78 is 5.02. The quantitative estimate of drug-likeness (QED) is 0.371. The van der Waals surface area contributed by atoms with Crippen LogP contribution in [0.3, 0.4) is 0 Å². The molecule has 1 atom stereocenters. The molecule has 0 aromatic carbocycles. The maximum atomic E-state index is 10.9. The molecule has 4 nitrogen and oxygen atoms in total. The molecule has 0 fully saturated rings. The summed E-state index contributed by atoms with van der Waals surface area (Å²) in [6.45, 7) is 3.42. The van der Waals surface area contributed by atoms with Crippen molar-refractivity contribution in [2.24, 2.45) is 0 Å². The number of carbonyl (C=O) groups is 1. The maximum absolute atomic E-state index is 10.9. The highest BCUT2D eigenvalue weighted by Gasteiger charge is 2.13. The van der Waals surface area contributed by atoms with Crippen molar-refractivity contribution in [2.45, 2.75) is 19.1 Å². The number of rotatable bonds is 6. The lowest BCUT2D eigenvalue weighted by Gasteiger charge is -2.23. The van der Waals surface area contributed by atoms with Crippen LogP contribution in [0.4, 0.5) is 0 Å². The second-order valence-corrected chi connectivity index (χ2v) is 2.93. The lowest BCUT2D eigenvalue weighted by atomic mass is 10.3. The Morgan fingerprint density at radius 1 is 1.69 bits per heavy atom. The standard InChI is InChI=1S/C9H17NO3/c1-4-9(12)13-8(10(2)3)6-5-7-11/h4,8,11H,1,5-7H2,2-3H3. The van der Waals surface area contributed by atoms with Crippen molar-refractivity contribution >= 4 is 5.97 Å². The van der Waals surface area contributed by atoms with Gasteiger partial charge in [0.1, 0.15) is 0 Å². The van der Waals surface area contributed by atoms with Crippen LogP contribution in [-0.4, -0.2) is 42.9 Å². The van der Waals surface area contributed by atoms with Crippen LogP contribution in [0.25, 0.3) is 0 Å². The Morgan fingerprint density at radius 2 is 2.31 bits per heavy atom. The summed E-state index contributed by atoms with van der Waals surface area (Å²) in [6, 6.07) is 0. The molecule has 0 saturated carbocycles. The van der Waals surface area contributed by atoms with Crippen molar-refractivity contribution < 1.29 is 14.6 Å². The smallest absolute Gasteiger partial charge is 0.331 e. The van der Waals surface area contributed by atoms with E-state index in [-0.39, 0.29) is 12.8 Å². The van der Waals surface area contributed by atoms with E-state index in [1.165, 1.54) is 0 Å². The Bertz CT molecular complexity index is 168. The average molecular weight is 187 g/mol. The van der Waals surface area contributed by atoms with E-state index in [0.29, 0.717) is 12.8 Å². The topological polar surface area (TPSA) is 49.8 Å². The molecule has 0 radical (unpaired) electrons. The molecule has 0 spiro atoms. The molecule has 0 saturated heterocycles. The summed E-state index contributed by atoms with van der Waals surface area (Å²) in [5, 5.41) is 8.61. The van der Waals surface area contributed by atoms with Crippen LogP contribution in [0.15, 0.2) is 12.7 Å². The first-order valence-corrected chi connectivity index (χ1v) is 4.22. The fraction of sp³-hybridized carbons (Fsp3) is 0.667. The van der Waals surface area contributed by atoms with E-state index < -0.39 is 5.97 Å². The van der Waals surface area contributed by atoms with Gasteiger partial charge in [0, 0.05) is 19.1 Å². The monoisotopic (exact) mass is 187 g/mol. The van der Waals surface area contributed by atoms with Crippen LogP contribution >= 0.6 is 0 Å². The molecule has 0 bridgehead atoms. The summed E-state index contributed by atoms with van der Waals surface area (Å²) in [4.78, 5) is 12.6. The molecule has 0 rings (SSSR count). The van der Waals surface area contributed by atoms with Gasteiger partial charge in [-0.25, -0.2) is 4.79 Å². The molecule has 0 heterocycles. The molecule has 13 heavy (non-hydrogen) atoms. The summed E-state index contributed by atoms with van der Waals surface area (Å²) in [6.07, 6.45) is 2.10. The van der Waals surface area contributed by atoms with Crippen LogP contribution in [-0.2, 0) is 9.53 Å². The van der Waals surface area contributed by atoms with Crippen molar-refractivity contribution in [1.29, 1.82) is 0 Å². The minimum Gasteiger partial charge on any atom is -0.443 e. The highest BCUT2D eigenvalue weighted by atomic mass is 16.6. The molecule has 0 aliphatic rings. The number of aliphatic hydroxyl groups is 1. The fourth-order valence-electron chi connectivity index (χ4n) is 0.871. The summed E-state index contributed by atoms with van der Waals surface area (Å²) in [5.74, 6) is -0.434. The number of nitrogens with zero attached hydrogens (tertiary/aromatic N) is 1. The normalized spacial score (nSPS) is 12.6. The van der Waals surface area contributed by atoms with Crippen molar-refractivity contribution in [1.82, 2.24) is 4.90 Å². The number of ether oxygens (including phenoxy) is 1. The Balaban J connectivity index is 3.93. The van der Waals surface area contributed by atoms with Crippen LogP contribution in [0, 0.1) is 0 Å². The first kappa shape index (κ1) is 12.1. The summed E-state index contributed by atoms with van der Waals surface area (Å²) in [5.41, 5.74) is 0. The number of carbonyl (C=O) groups excluding carboxylic acids is 1.